The fourth-order valence-corrected chi connectivity index (χ4v) is 3.29. The van der Waals surface area contributed by atoms with Crippen LogP contribution in [0.4, 0.5) is 0 Å². The van der Waals surface area contributed by atoms with Gasteiger partial charge in [-0.3, -0.25) is 4.90 Å². The van der Waals surface area contributed by atoms with Crippen molar-refractivity contribution in [2.45, 2.75) is 32.7 Å². The Hall–Kier alpha value is -0.380. The molecule has 2 atom stereocenters. The first-order valence-electron chi connectivity index (χ1n) is 6.87. The van der Waals surface area contributed by atoms with Gasteiger partial charge in [0.15, 0.2) is 0 Å². The molecule has 1 fully saturated rings. The molecule has 1 saturated heterocycles. The first kappa shape index (κ1) is 14.0. The molecule has 0 spiro atoms. The second-order valence-electron chi connectivity index (χ2n) is 5.27. The molecule has 1 heterocycles. The summed E-state index contributed by atoms with van der Waals surface area (Å²) in [4.78, 5) is 2.60. The van der Waals surface area contributed by atoms with E-state index in [1.807, 2.05) is 0 Å². The molecular weight excluding hydrogens is 288 g/mol. The molecular formula is C15H23BrN2. The zero-order valence-corrected chi connectivity index (χ0v) is 12.9. The molecule has 3 heteroatoms. The summed E-state index contributed by atoms with van der Waals surface area (Å²) in [6, 6.07) is 7.24. The van der Waals surface area contributed by atoms with Gasteiger partial charge in [-0.2, -0.15) is 0 Å². The van der Waals surface area contributed by atoms with Crippen molar-refractivity contribution in [1.29, 1.82) is 0 Å². The third kappa shape index (κ3) is 2.79. The Kier molecular flexibility index (Phi) is 4.82. The number of nitrogens with zero attached hydrogens (tertiary/aromatic N) is 1. The summed E-state index contributed by atoms with van der Waals surface area (Å²) in [6.45, 7) is 7.57. The van der Waals surface area contributed by atoms with Crippen molar-refractivity contribution in [2.24, 2.45) is 11.7 Å². The summed E-state index contributed by atoms with van der Waals surface area (Å²) >= 11 is 3.58. The Bertz CT molecular complexity index is 405. The highest BCUT2D eigenvalue weighted by molar-refractivity contribution is 9.10. The van der Waals surface area contributed by atoms with Gasteiger partial charge in [0.1, 0.15) is 0 Å². The number of likely N-dealkylation sites (tertiary alicyclic amines) is 1. The van der Waals surface area contributed by atoms with Crippen LogP contribution in [0.5, 0.6) is 0 Å². The number of nitrogens with two attached hydrogens (primary N) is 1. The average Bonchev–Trinajstić information content (AvgIpc) is 2.76. The highest BCUT2D eigenvalue weighted by Crippen LogP contribution is 2.37. The van der Waals surface area contributed by atoms with Crippen LogP contribution in [0.2, 0.25) is 0 Å². The zero-order valence-electron chi connectivity index (χ0n) is 11.3. The molecule has 1 aliphatic rings. The van der Waals surface area contributed by atoms with Crippen molar-refractivity contribution >= 4 is 15.9 Å². The molecule has 2 rings (SSSR count). The molecule has 0 aliphatic carbocycles. The lowest BCUT2D eigenvalue weighted by molar-refractivity contribution is 0.230. The van der Waals surface area contributed by atoms with E-state index >= 15 is 0 Å². The first-order chi connectivity index (χ1) is 8.67. The molecule has 0 bridgehead atoms. The van der Waals surface area contributed by atoms with E-state index in [4.69, 9.17) is 5.73 Å². The smallest absolute Gasteiger partial charge is 0.0388 e. The quantitative estimate of drug-likeness (QED) is 0.922. The minimum atomic E-state index is 0.516. The zero-order chi connectivity index (χ0) is 13.1. The molecule has 1 aromatic carbocycles. The van der Waals surface area contributed by atoms with Crippen LogP contribution in [0.25, 0.3) is 0 Å². The Morgan fingerprint density at radius 1 is 1.44 bits per heavy atom. The minimum Gasteiger partial charge on any atom is -0.330 e. The van der Waals surface area contributed by atoms with Crippen LogP contribution in [-0.2, 0) is 0 Å². The number of aryl methyl sites for hydroxylation is 1. The maximum atomic E-state index is 5.95. The van der Waals surface area contributed by atoms with Crippen molar-refractivity contribution in [2.75, 3.05) is 19.6 Å². The number of halogens is 1. The molecule has 0 aromatic heterocycles. The van der Waals surface area contributed by atoms with Crippen molar-refractivity contribution < 1.29 is 0 Å². The predicted molar refractivity (Wildman–Crippen MR) is 80.6 cm³/mol. The number of rotatable bonds is 4. The summed E-state index contributed by atoms with van der Waals surface area (Å²) in [5.41, 5.74) is 8.69. The topological polar surface area (TPSA) is 29.3 Å². The SMILES string of the molecule is CCCN1CCC(CN)C1c1ccc(Br)c(C)c1. The Balaban J connectivity index is 2.28. The van der Waals surface area contributed by atoms with Gasteiger partial charge in [0, 0.05) is 10.5 Å². The summed E-state index contributed by atoms with van der Waals surface area (Å²) in [5, 5.41) is 0. The van der Waals surface area contributed by atoms with E-state index < -0.39 is 0 Å². The van der Waals surface area contributed by atoms with Crippen LogP contribution in [0.1, 0.15) is 36.9 Å². The van der Waals surface area contributed by atoms with Gasteiger partial charge in [-0.15, -0.1) is 0 Å². The Morgan fingerprint density at radius 3 is 2.83 bits per heavy atom. The monoisotopic (exact) mass is 310 g/mol. The summed E-state index contributed by atoms with van der Waals surface area (Å²) in [7, 11) is 0. The Morgan fingerprint density at radius 2 is 2.22 bits per heavy atom. The maximum absolute atomic E-state index is 5.95. The highest BCUT2D eigenvalue weighted by Gasteiger charge is 2.33. The van der Waals surface area contributed by atoms with Gasteiger partial charge in [-0.25, -0.2) is 0 Å². The normalized spacial score (nSPS) is 24.7. The molecule has 1 aliphatic heterocycles. The van der Waals surface area contributed by atoms with E-state index in [9.17, 15) is 0 Å². The summed E-state index contributed by atoms with van der Waals surface area (Å²) in [5.74, 6) is 0.608. The second kappa shape index (κ2) is 6.18. The predicted octanol–water partition coefficient (Wildman–Crippen LogP) is 3.49. The third-order valence-electron chi connectivity index (χ3n) is 3.96. The average molecular weight is 311 g/mol. The van der Waals surface area contributed by atoms with Crippen LogP contribution in [0.3, 0.4) is 0 Å². The maximum Gasteiger partial charge on any atom is 0.0388 e. The summed E-state index contributed by atoms with van der Waals surface area (Å²) < 4.78 is 1.19. The number of hydrogen-bond donors (Lipinski definition) is 1. The van der Waals surface area contributed by atoms with E-state index in [-0.39, 0.29) is 0 Å². The molecule has 0 amide bonds. The van der Waals surface area contributed by atoms with Gasteiger partial charge in [0.25, 0.3) is 0 Å². The van der Waals surface area contributed by atoms with Crippen LogP contribution < -0.4 is 5.73 Å². The third-order valence-corrected chi connectivity index (χ3v) is 4.85. The van der Waals surface area contributed by atoms with E-state index in [0.29, 0.717) is 12.0 Å². The molecule has 18 heavy (non-hydrogen) atoms. The van der Waals surface area contributed by atoms with Gasteiger partial charge in [0.05, 0.1) is 0 Å². The molecule has 1 aromatic rings. The lowest BCUT2D eigenvalue weighted by Crippen LogP contribution is -2.28. The fourth-order valence-electron chi connectivity index (χ4n) is 3.05. The van der Waals surface area contributed by atoms with Crippen molar-refractivity contribution in [3.63, 3.8) is 0 Å². The van der Waals surface area contributed by atoms with E-state index in [2.05, 4.69) is 52.9 Å². The van der Waals surface area contributed by atoms with Gasteiger partial charge >= 0.3 is 0 Å². The largest absolute Gasteiger partial charge is 0.330 e. The van der Waals surface area contributed by atoms with Gasteiger partial charge in [-0.1, -0.05) is 35.0 Å². The van der Waals surface area contributed by atoms with Crippen molar-refractivity contribution in [1.82, 2.24) is 4.90 Å². The second-order valence-corrected chi connectivity index (χ2v) is 6.13. The van der Waals surface area contributed by atoms with Gasteiger partial charge in [0.2, 0.25) is 0 Å². The van der Waals surface area contributed by atoms with E-state index in [0.717, 1.165) is 6.54 Å². The molecule has 0 radical (unpaired) electrons. The molecule has 2 N–H and O–H groups in total. The Labute approximate surface area is 119 Å². The van der Waals surface area contributed by atoms with E-state index in [1.54, 1.807) is 0 Å². The van der Waals surface area contributed by atoms with Crippen LogP contribution in [0.15, 0.2) is 22.7 Å². The first-order valence-corrected chi connectivity index (χ1v) is 7.66. The molecule has 100 valence electrons. The summed E-state index contributed by atoms with van der Waals surface area (Å²) in [6.07, 6.45) is 2.44. The number of benzene rings is 1. The van der Waals surface area contributed by atoms with Crippen molar-refractivity contribution in [3.05, 3.63) is 33.8 Å². The van der Waals surface area contributed by atoms with Gasteiger partial charge < -0.3 is 5.73 Å². The standard InChI is InChI=1S/C15H23BrN2/c1-3-7-18-8-6-13(10-17)15(18)12-4-5-14(16)11(2)9-12/h4-5,9,13,15H,3,6-8,10,17H2,1-2H3. The molecule has 0 saturated carbocycles. The lowest BCUT2D eigenvalue weighted by Gasteiger charge is -2.28. The van der Waals surface area contributed by atoms with Crippen LogP contribution in [0, 0.1) is 12.8 Å². The molecule has 2 unspecified atom stereocenters. The van der Waals surface area contributed by atoms with Gasteiger partial charge in [-0.05, 0) is 62.5 Å². The highest BCUT2D eigenvalue weighted by atomic mass is 79.9. The van der Waals surface area contributed by atoms with Crippen LogP contribution in [-0.4, -0.2) is 24.5 Å². The fraction of sp³-hybridized carbons (Fsp3) is 0.600. The van der Waals surface area contributed by atoms with Crippen molar-refractivity contribution in [3.8, 4) is 0 Å². The van der Waals surface area contributed by atoms with E-state index in [1.165, 1.54) is 41.5 Å². The lowest BCUT2D eigenvalue weighted by atomic mass is 9.93. The molecule has 2 nitrogen and oxygen atoms in total. The number of hydrogen-bond acceptors (Lipinski definition) is 2. The van der Waals surface area contributed by atoms with Crippen LogP contribution >= 0.6 is 15.9 Å². The minimum absolute atomic E-state index is 0.516.